The fourth-order valence-corrected chi connectivity index (χ4v) is 2.06. The first kappa shape index (κ1) is 22.3. The van der Waals surface area contributed by atoms with Gasteiger partial charge in [0.15, 0.2) is 0 Å². The number of hydrogen-bond donors (Lipinski definition) is 1. The van der Waals surface area contributed by atoms with Crippen LogP contribution in [0.5, 0.6) is 0 Å². The van der Waals surface area contributed by atoms with Crippen LogP contribution in [-0.2, 0) is 4.79 Å². The first-order valence-corrected chi connectivity index (χ1v) is 7.74. The quantitative estimate of drug-likeness (QED) is 0.311. The summed E-state index contributed by atoms with van der Waals surface area (Å²) in [6.45, 7) is 2.23. The molecular formula is C16H29NaO3. The van der Waals surface area contributed by atoms with Gasteiger partial charge in [-0.05, 0) is 25.3 Å². The fraction of sp³-hybridized carbons (Fsp3) is 0.812. The largest absolute Gasteiger partial charge is 1.00 e. The van der Waals surface area contributed by atoms with Crippen LogP contribution in [0.4, 0.5) is 0 Å². The molecule has 1 N–H and O–H groups in total. The summed E-state index contributed by atoms with van der Waals surface area (Å²) >= 11 is 0. The topological polar surface area (TPSA) is 60.4 Å². The van der Waals surface area contributed by atoms with Crippen LogP contribution in [0.15, 0.2) is 11.8 Å². The van der Waals surface area contributed by atoms with Gasteiger partial charge in [0.05, 0.1) is 5.76 Å². The van der Waals surface area contributed by atoms with E-state index in [1.165, 1.54) is 51.4 Å². The first-order chi connectivity index (χ1) is 9.16. The van der Waals surface area contributed by atoms with E-state index in [4.69, 9.17) is 0 Å². The number of rotatable bonds is 13. The standard InChI is InChI=1S/C16H30O3.Na/c1-2-3-4-5-6-7-8-9-10-11-12-15(17)13-14-16(18)19;/h12,17H,2-11,13-14H2,1H3,(H,18,19);/q;+1/p-1. The van der Waals surface area contributed by atoms with Crippen molar-refractivity contribution in [2.45, 2.75) is 84.0 Å². The molecule has 0 aromatic heterocycles. The Morgan fingerprint density at radius 1 is 0.950 bits per heavy atom. The van der Waals surface area contributed by atoms with Crippen molar-refractivity contribution in [2.75, 3.05) is 0 Å². The fourth-order valence-electron chi connectivity index (χ4n) is 2.06. The van der Waals surface area contributed by atoms with Crippen molar-refractivity contribution < 1.29 is 44.6 Å². The molecule has 0 aliphatic carbocycles. The van der Waals surface area contributed by atoms with Crippen LogP contribution < -0.4 is 34.7 Å². The van der Waals surface area contributed by atoms with Crippen molar-refractivity contribution in [1.29, 1.82) is 0 Å². The molecule has 0 saturated carbocycles. The van der Waals surface area contributed by atoms with Crippen LogP contribution in [-0.4, -0.2) is 11.1 Å². The van der Waals surface area contributed by atoms with Crippen molar-refractivity contribution in [3.63, 3.8) is 0 Å². The second kappa shape index (κ2) is 17.1. The Bertz CT molecular complexity index is 252. The van der Waals surface area contributed by atoms with Crippen LogP contribution in [0, 0.1) is 0 Å². The van der Waals surface area contributed by atoms with E-state index in [1.54, 1.807) is 6.08 Å². The summed E-state index contributed by atoms with van der Waals surface area (Å²) in [4.78, 5) is 10.2. The third kappa shape index (κ3) is 18.0. The van der Waals surface area contributed by atoms with Crippen LogP contribution in [0.2, 0.25) is 0 Å². The minimum absolute atomic E-state index is 0. The van der Waals surface area contributed by atoms with Gasteiger partial charge in [0.1, 0.15) is 0 Å². The van der Waals surface area contributed by atoms with Gasteiger partial charge < -0.3 is 15.0 Å². The SMILES string of the molecule is CCCCCCCCCCCC=C(O)CCC(=O)[O-].[Na+]. The molecule has 0 heterocycles. The molecule has 0 atom stereocenters. The second-order valence-corrected chi connectivity index (χ2v) is 5.18. The maximum atomic E-state index is 10.2. The monoisotopic (exact) mass is 292 g/mol. The minimum Gasteiger partial charge on any atom is -0.550 e. The van der Waals surface area contributed by atoms with Gasteiger partial charge in [-0.25, -0.2) is 0 Å². The number of allylic oxidation sites excluding steroid dienone is 2. The van der Waals surface area contributed by atoms with Crippen molar-refractivity contribution >= 4 is 5.97 Å². The Balaban J connectivity index is 0. The van der Waals surface area contributed by atoms with E-state index in [2.05, 4.69) is 6.92 Å². The predicted octanol–water partition coefficient (Wildman–Crippen LogP) is 0.883. The van der Waals surface area contributed by atoms with E-state index in [0.717, 1.165) is 12.8 Å². The summed E-state index contributed by atoms with van der Waals surface area (Å²) in [5.74, 6) is -0.924. The van der Waals surface area contributed by atoms with Crippen LogP contribution in [0.3, 0.4) is 0 Å². The van der Waals surface area contributed by atoms with E-state index in [0.29, 0.717) is 0 Å². The second-order valence-electron chi connectivity index (χ2n) is 5.18. The number of aliphatic carboxylic acids is 1. The Morgan fingerprint density at radius 2 is 1.45 bits per heavy atom. The molecule has 0 aliphatic heterocycles. The molecule has 0 unspecified atom stereocenters. The van der Waals surface area contributed by atoms with Gasteiger partial charge in [-0.3, -0.25) is 0 Å². The zero-order chi connectivity index (χ0) is 14.3. The summed E-state index contributed by atoms with van der Waals surface area (Å²) < 4.78 is 0. The zero-order valence-electron chi connectivity index (χ0n) is 13.3. The summed E-state index contributed by atoms with van der Waals surface area (Å²) in [5.41, 5.74) is 0. The van der Waals surface area contributed by atoms with E-state index in [1.807, 2.05) is 0 Å². The van der Waals surface area contributed by atoms with Crippen LogP contribution >= 0.6 is 0 Å². The van der Waals surface area contributed by atoms with Gasteiger partial charge in [0.25, 0.3) is 0 Å². The third-order valence-electron chi connectivity index (χ3n) is 3.27. The van der Waals surface area contributed by atoms with Crippen molar-refractivity contribution in [3.05, 3.63) is 11.8 Å². The average molecular weight is 292 g/mol. The number of carbonyl (C=O) groups is 1. The van der Waals surface area contributed by atoms with Gasteiger partial charge >= 0.3 is 29.6 Å². The van der Waals surface area contributed by atoms with Crippen LogP contribution in [0.25, 0.3) is 0 Å². The molecule has 0 saturated heterocycles. The normalized spacial score (nSPS) is 11.2. The Morgan fingerprint density at radius 3 is 1.95 bits per heavy atom. The number of carboxylic acids is 1. The number of hydrogen-bond acceptors (Lipinski definition) is 3. The Labute approximate surface area is 146 Å². The summed E-state index contributed by atoms with van der Waals surface area (Å²) in [6, 6.07) is 0. The van der Waals surface area contributed by atoms with Gasteiger partial charge in [0, 0.05) is 12.4 Å². The molecule has 0 aliphatic rings. The average Bonchev–Trinajstić information content (AvgIpc) is 2.38. The number of aliphatic hydroxyl groups excluding tert-OH is 1. The molecule has 0 spiro atoms. The van der Waals surface area contributed by atoms with Crippen molar-refractivity contribution in [2.24, 2.45) is 0 Å². The summed E-state index contributed by atoms with van der Waals surface area (Å²) in [5, 5.41) is 19.6. The van der Waals surface area contributed by atoms with Gasteiger partial charge in [-0.2, -0.15) is 0 Å². The Hall–Kier alpha value is 0.0100. The smallest absolute Gasteiger partial charge is 0.550 e. The molecule has 0 amide bonds. The Kier molecular flexibility index (Phi) is 19.0. The van der Waals surface area contributed by atoms with Gasteiger partial charge in [-0.1, -0.05) is 58.3 Å². The summed E-state index contributed by atoms with van der Waals surface area (Å²) in [7, 11) is 0. The molecular weight excluding hydrogens is 263 g/mol. The molecule has 0 fully saturated rings. The first-order valence-electron chi connectivity index (χ1n) is 7.74. The maximum Gasteiger partial charge on any atom is 1.00 e. The zero-order valence-corrected chi connectivity index (χ0v) is 15.3. The van der Waals surface area contributed by atoms with E-state index < -0.39 is 5.97 Å². The van der Waals surface area contributed by atoms with E-state index in [-0.39, 0.29) is 48.2 Å². The molecule has 0 aromatic rings. The summed E-state index contributed by atoms with van der Waals surface area (Å²) in [6.07, 6.45) is 14.2. The molecule has 0 rings (SSSR count). The van der Waals surface area contributed by atoms with Gasteiger partial charge in [0.2, 0.25) is 0 Å². The maximum absolute atomic E-state index is 10.2. The molecule has 3 nitrogen and oxygen atoms in total. The number of carbonyl (C=O) groups excluding carboxylic acids is 1. The van der Waals surface area contributed by atoms with Gasteiger partial charge in [-0.15, -0.1) is 0 Å². The predicted molar refractivity (Wildman–Crippen MR) is 76.8 cm³/mol. The third-order valence-corrected chi connectivity index (χ3v) is 3.27. The number of carboxylic acid groups (broad SMARTS) is 1. The molecule has 0 aromatic carbocycles. The molecule has 0 radical (unpaired) electrons. The van der Waals surface area contributed by atoms with E-state index >= 15 is 0 Å². The number of aliphatic hydroxyl groups is 1. The molecule has 112 valence electrons. The number of unbranched alkanes of at least 4 members (excludes halogenated alkanes) is 9. The minimum atomic E-state index is -1.11. The molecule has 0 bridgehead atoms. The van der Waals surface area contributed by atoms with Crippen molar-refractivity contribution in [1.82, 2.24) is 0 Å². The van der Waals surface area contributed by atoms with Crippen molar-refractivity contribution in [3.8, 4) is 0 Å². The van der Waals surface area contributed by atoms with E-state index in [9.17, 15) is 15.0 Å². The van der Waals surface area contributed by atoms with Crippen LogP contribution in [0.1, 0.15) is 84.0 Å². The molecule has 20 heavy (non-hydrogen) atoms. The molecule has 4 heteroatoms.